The lowest BCUT2D eigenvalue weighted by Gasteiger charge is -2.15. The van der Waals surface area contributed by atoms with E-state index in [0.29, 0.717) is 13.0 Å². The molecule has 0 radical (unpaired) electrons. The third kappa shape index (κ3) is 6.94. The quantitative estimate of drug-likeness (QED) is 0.478. The average molecular weight is 215 g/mol. The van der Waals surface area contributed by atoms with Gasteiger partial charge in [-0.2, -0.15) is 0 Å². The summed E-state index contributed by atoms with van der Waals surface area (Å²) in [5.41, 5.74) is 0. The number of carbonyl (C=O) groups excluding carboxylic acids is 2. The van der Waals surface area contributed by atoms with Crippen molar-refractivity contribution in [2.24, 2.45) is 0 Å². The molecule has 0 aliphatic carbocycles. The molecule has 0 unspecified atom stereocenters. The zero-order valence-electron chi connectivity index (χ0n) is 9.91. The predicted molar refractivity (Wildman–Crippen MR) is 58.4 cm³/mol. The Bertz CT molecular complexity index is 204. The maximum Gasteiger partial charge on any atom is 0.325 e. The monoisotopic (exact) mass is 215 g/mol. The van der Waals surface area contributed by atoms with Crippen LogP contribution in [0.4, 0.5) is 0 Å². The number of hydrogen-bond donors (Lipinski definition) is 0. The summed E-state index contributed by atoms with van der Waals surface area (Å²) in [6, 6.07) is 0. The Morgan fingerprint density at radius 1 is 1.20 bits per heavy atom. The molecule has 4 heteroatoms. The van der Waals surface area contributed by atoms with Crippen molar-refractivity contribution in [2.75, 3.05) is 20.2 Å². The van der Waals surface area contributed by atoms with Crippen LogP contribution in [0.3, 0.4) is 0 Å². The van der Waals surface area contributed by atoms with Gasteiger partial charge in [-0.1, -0.05) is 19.8 Å². The highest BCUT2D eigenvalue weighted by molar-refractivity contribution is 5.81. The van der Waals surface area contributed by atoms with Crippen LogP contribution >= 0.6 is 0 Å². The standard InChI is InChI=1S/C11H21NO3/c1-4-6-7-8-10(13)12(3)9-11(14)15-5-2/h4-9H2,1-3H3. The number of ether oxygens (including phenoxy) is 1. The van der Waals surface area contributed by atoms with Crippen molar-refractivity contribution in [1.29, 1.82) is 0 Å². The van der Waals surface area contributed by atoms with Crippen molar-refractivity contribution < 1.29 is 14.3 Å². The highest BCUT2D eigenvalue weighted by Crippen LogP contribution is 2.01. The number of unbranched alkanes of at least 4 members (excludes halogenated alkanes) is 2. The topological polar surface area (TPSA) is 46.6 Å². The maximum absolute atomic E-state index is 11.5. The van der Waals surface area contributed by atoms with E-state index in [0.717, 1.165) is 19.3 Å². The van der Waals surface area contributed by atoms with Gasteiger partial charge >= 0.3 is 5.97 Å². The summed E-state index contributed by atoms with van der Waals surface area (Å²) in [6.07, 6.45) is 3.56. The van der Waals surface area contributed by atoms with E-state index in [9.17, 15) is 9.59 Å². The van der Waals surface area contributed by atoms with Crippen molar-refractivity contribution in [3.05, 3.63) is 0 Å². The summed E-state index contributed by atoms with van der Waals surface area (Å²) in [6.45, 7) is 4.25. The van der Waals surface area contributed by atoms with E-state index >= 15 is 0 Å². The van der Waals surface area contributed by atoms with Gasteiger partial charge < -0.3 is 9.64 Å². The Kier molecular flexibility index (Phi) is 7.68. The molecule has 88 valence electrons. The highest BCUT2D eigenvalue weighted by atomic mass is 16.5. The van der Waals surface area contributed by atoms with Gasteiger partial charge in [0.05, 0.1) is 6.61 Å². The van der Waals surface area contributed by atoms with Crippen LogP contribution in [0.5, 0.6) is 0 Å². The SMILES string of the molecule is CCCCCC(=O)N(C)CC(=O)OCC. The highest BCUT2D eigenvalue weighted by Gasteiger charge is 2.12. The van der Waals surface area contributed by atoms with Gasteiger partial charge in [0.2, 0.25) is 5.91 Å². The molecule has 0 aromatic carbocycles. The summed E-state index contributed by atoms with van der Waals surface area (Å²) in [5.74, 6) is -0.333. The molecule has 4 nitrogen and oxygen atoms in total. The van der Waals surface area contributed by atoms with Gasteiger partial charge in [0, 0.05) is 13.5 Å². The van der Waals surface area contributed by atoms with Gasteiger partial charge in [0.1, 0.15) is 6.54 Å². The maximum atomic E-state index is 11.5. The minimum absolute atomic E-state index is 0.0107. The van der Waals surface area contributed by atoms with Gasteiger partial charge in [-0.25, -0.2) is 0 Å². The minimum atomic E-state index is -0.344. The van der Waals surface area contributed by atoms with E-state index < -0.39 is 0 Å². The number of hydrogen-bond acceptors (Lipinski definition) is 3. The van der Waals surface area contributed by atoms with Crippen LogP contribution in [0.15, 0.2) is 0 Å². The summed E-state index contributed by atoms with van der Waals surface area (Å²) >= 11 is 0. The first-order valence-corrected chi connectivity index (χ1v) is 5.51. The largest absolute Gasteiger partial charge is 0.465 e. The van der Waals surface area contributed by atoms with Crippen molar-refractivity contribution >= 4 is 11.9 Å². The van der Waals surface area contributed by atoms with Gasteiger partial charge in [0.25, 0.3) is 0 Å². The lowest BCUT2D eigenvalue weighted by atomic mass is 10.2. The van der Waals surface area contributed by atoms with Gasteiger partial charge in [-0.05, 0) is 13.3 Å². The van der Waals surface area contributed by atoms with Gasteiger partial charge in [0.15, 0.2) is 0 Å². The third-order valence-corrected chi connectivity index (χ3v) is 2.09. The van der Waals surface area contributed by atoms with E-state index in [2.05, 4.69) is 6.92 Å². The Morgan fingerprint density at radius 2 is 1.87 bits per heavy atom. The van der Waals surface area contributed by atoms with Crippen LogP contribution < -0.4 is 0 Å². The minimum Gasteiger partial charge on any atom is -0.465 e. The van der Waals surface area contributed by atoms with Crippen molar-refractivity contribution in [3.63, 3.8) is 0 Å². The lowest BCUT2D eigenvalue weighted by Crippen LogP contribution is -2.32. The van der Waals surface area contributed by atoms with E-state index in [-0.39, 0.29) is 18.4 Å². The fraction of sp³-hybridized carbons (Fsp3) is 0.818. The van der Waals surface area contributed by atoms with Crippen LogP contribution in [-0.4, -0.2) is 37.0 Å². The molecule has 0 saturated heterocycles. The molecule has 0 aliphatic rings. The summed E-state index contributed by atoms with van der Waals surface area (Å²) in [5, 5.41) is 0. The molecule has 15 heavy (non-hydrogen) atoms. The van der Waals surface area contributed by atoms with Crippen LogP contribution in [0.2, 0.25) is 0 Å². The number of amides is 1. The first-order chi connectivity index (χ1) is 7.11. The molecule has 0 rings (SSSR count). The fourth-order valence-corrected chi connectivity index (χ4v) is 1.21. The van der Waals surface area contributed by atoms with Crippen molar-refractivity contribution in [3.8, 4) is 0 Å². The molecular formula is C11H21NO3. The first-order valence-electron chi connectivity index (χ1n) is 5.51. The third-order valence-electron chi connectivity index (χ3n) is 2.09. The van der Waals surface area contributed by atoms with E-state index in [4.69, 9.17) is 4.74 Å². The number of rotatable bonds is 7. The first kappa shape index (κ1) is 13.9. The molecule has 0 heterocycles. The van der Waals surface area contributed by atoms with Crippen LogP contribution in [0.25, 0.3) is 0 Å². The number of nitrogens with zero attached hydrogens (tertiary/aromatic N) is 1. The summed E-state index contributed by atoms with van der Waals surface area (Å²) in [4.78, 5) is 24.0. The van der Waals surface area contributed by atoms with E-state index in [1.165, 1.54) is 4.90 Å². The second-order valence-corrected chi connectivity index (χ2v) is 3.51. The zero-order valence-corrected chi connectivity index (χ0v) is 9.91. The van der Waals surface area contributed by atoms with Gasteiger partial charge in [-0.15, -0.1) is 0 Å². The van der Waals surface area contributed by atoms with Crippen molar-refractivity contribution in [1.82, 2.24) is 4.90 Å². The zero-order chi connectivity index (χ0) is 11.7. The second-order valence-electron chi connectivity index (χ2n) is 3.51. The lowest BCUT2D eigenvalue weighted by molar-refractivity contribution is -0.148. The number of esters is 1. The van der Waals surface area contributed by atoms with E-state index in [1.807, 2.05) is 0 Å². The fourth-order valence-electron chi connectivity index (χ4n) is 1.21. The second kappa shape index (κ2) is 8.26. The average Bonchev–Trinajstić information content (AvgIpc) is 2.18. The predicted octanol–water partition coefficient (Wildman–Crippen LogP) is 1.59. The number of likely N-dealkylation sites (N-methyl/N-ethyl adjacent to an activating group) is 1. The summed E-state index contributed by atoms with van der Waals surface area (Å²) < 4.78 is 4.76. The normalized spacial score (nSPS) is 9.80. The molecule has 1 amide bonds. The van der Waals surface area contributed by atoms with Crippen molar-refractivity contribution in [2.45, 2.75) is 39.5 Å². The van der Waals surface area contributed by atoms with Crippen LogP contribution in [-0.2, 0) is 14.3 Å². The molecule has 0 aromatic rings. The molecule has 0 aromatic heterocycles. The molecular weight excluding hydrogens is 194 g/mol. The van der Waals surface area contributed by atoms with Crippen LogP contribution in [0.1, 0.15) is 39.5 Å². The molecule has 0 atom stereocenters. The van der Waals surface area contributed by atoms with E-state index in [1.54, 1.807) is 14.0 Å². The molecule has 0 fully saturated rings. The summed E-state index contributed by atoms with van der Waals surface area (Å²) in [7, 11) is 1.63. The molecule has 0 saturated carbocycles. The Morgan fingerprint density at radius 3 is 2.40 bits per heavy atom. The Labute approximate surface area is 91.6 Å². The van der Waals surface area contributed by atoms with Gasteiger partial charge in [-0.3, -0.25) is 9.59 Å². The molecule has 0 N–H and O–H groups in total. The smallest absolute Gasteiger partial charge is 0.325 e. The molecule has 0 spiro atoms. The number of carbonyl (C=O) groups is 2. The van der Waals surface area contributed by atoms with Crippen LogP contribution in [0, 0.1) is 0 Å². The molecule has 0 aliphatic heterocycles. The Hall–Kier alpha value is -1.06. The Balaban J connectivity index is 3.73. The molecule has 0 bridgehead atoms.